The molecule has 0 heterocycles. The second-order valence-corrected chi connectivity index (χ2v) is 4.84. The van der Waals surface area contributed by atoms with Crippen LogP contribution >= 0.6 is 15.9 Å². The highest BCUT2D eigenvalue weighted by atomic mass is 79.9. The number of rotatable bonds is 4. The number of benzene rings is 2. The smallest absolute Gasteiger partial charge is 0.137 e. The Morgan fingerprint density at radius 2 is 1.95 bits per heavy atom. The molecule has 0 radical (unpaired) electrons. The summed E-state index contributed by atoms with van der Waals surface area (Å²) in [6.45, 7) is 0.386. The second-order valence-electron chi connectivity index (χ2n) is 3.98. The predicted molar refractivity (Wildman–Crippen MR) is 74.2 cm³/mol. The van der Waals surface area contributed by atoms with Gasteiger partial charge in [0.25, 0.3) is 0 Å². The summed E-state index contributed by atoms with van der Waals surface area (Å²) in [5.74, 6) is 0.135. The van der Waals surface area contributed by atoms with Gasteiger partial charge >= 0.3 is 0 Å². The number of halogens is 2. The van der Waals surface area contributed by atoms with Crippen molar-refractivity contribution in [2.75, 3.05) is 0 Å². The molecule has 0 aliphatic carbocycles. The molecule has 0 aromatic heterocycles. The lowest BCUT2D eigenvalue weighted by Gasteiger charge is -2.11. The van der Waals surface area contributed by atoms with E-state index in [0.717, 1.165) is 5.56 Å². The fraction of sp³-hybridized carbons (Fsp3) is 0.133. The Kier molecular flexibility index (Phi) is 4.53. The number of ether oxygens (including phenoxy) is 1. The van der Waals surface area contributed by atoms with Crippen molar-refractivity contribution in [1.82, 2.24) is 0 Å². The molecule has 0 saturated heterocycles. The lowest BCUT2D eigenvalue weighted by Crippen LogP contribution is -1.99. The summed E-state index contributed by atoms with van der Waals surface area (Å²) in [7, 11) is 0. The number of nitriles is 1. The van der Waals surface area contributed by atoms with Gasteiger partial charge in [-0.15, -0.1) is 0 Å². The first kappa shape index (κ1) is 13.6. The Bertz CT molecular complexity index is 608. The maximum Gasteiger partial charge on any atom is 0.137 e. The molecule has 0 amide bonds. The molecule has 2 aromatic carbocycles. The third-order valence-electron chi connectivity index (χ3n) is 2.61. The van der Waals surface area contributed by atoms with Crippen molar-refractivity contribution in [1.29, 1.82) is 5.26 Å². The molecule has 0 aliphatic rings. The topological polar surface area (TPSA) is 33.0 Å². The Balaban J connectivity index is 2.19. The lowest BCUT2D eigenvalue weighted by atomic mass is 10.1. The largest absolute Gasteiger partial charge is 0.489 e. The molecular formula is C15H11BrFNO. The highest BCUT2D eigenvalue weighted by molar-refractivity contribution is 9.10. The van der Waals surface area contributed by atoms with Crippen LogP contribution in [0.15, 0.2) is 46.9 Å². The van der Waals surface area contributed by atoms with E-state index in [1.54, 1.807) is 6.07 Å². The van der Waals surface area contributed by atoms with Gasteiger partial charge in [0, 0.05) is 5.56 Å². The van der Waals surface area contributed by atoms with Gasteiger partial charge < -0.3 is 4.74 Å². The van der Waals surface area contributed by atoms with Crippen molar-refractivity contribution in [3.63, 3.8) is 0 Å². The fourth-order valence-corrected chi connectivity index (χ4v) is 1.99. The van der Waals surface area contributed by atoms with Crippen LogP contribution < -0.4 is 4.74 Å². The summed E-state index contributed by atoms with van der Waals surface area (Å²) >= 11 is 3.12. The minimum Gasteiger partial charge on any atom is -0.489 e. The summed E-state index contributed by atoms with van der Waals surface area (Å²) in [4.78, 5) is 0. The molecule has 0 fully saturated rings. The van der Waals surface area contributed by atoms with Gasteiger partial charge in [-0.1, -0.05) is 30.3 Å². The maximum absolute atomic E-state index is 13.4. The molecule has 96 valence electrons. The lowest BCUT2D eigenvalue weighted by molar-refractivity contribution is 0.302. The third-order valence-corrected chi connectivity index (χ3v) is 3.22. The maximum atomic E-state index is 13.4. The van der Waals surface area contributed by atoms with Crippen LogP contribution in [0.25, 0.3) is 0 Å². The van der Waals surface area contributed by atoms with E-state index in [-0.39, 0.29) is 6.42 Å². The van der Waals surface area contributed by atoms with Gasteiger partial charge in [0.2, 0.25) is 0 Å². The summed E-state index contributed by atoms with van der Waals surface area (Å²) < 4.78 is 19.4. The average Bonchev–Trinajstić information content (AvgIpc) is 2.42. The molecule has 0 aliphatic heterocycles. The van der Waals surface area contributed by atoms with E-state index in [9.17, 15) is 4.39 Å². The van der Waals surface area contributed by atoms with Crippen LogP contribution in [0.5, 0.6) is 5.75 Å². The van der Waals surface area contributed by atoms with E-state index in [1.807, 2.05) is 36.4 Å². The second kappa shape index (κ2) is 6.35. The fourth-order valence-electron chi connectivity index (χ4n) is 1.66. The van der Waals surface area contributed by atoms with Gasteiger partial charge in [-0.25, -0.2) is 4.39 Å². The van der Waals surface area contributed by atoms with Crippen molar-refractivity contribution in [2.45, 2.75) is 13.0 Å². The van der Waals surface area contributed by atoms with Crippen LogP contribution in [0.4, 0.5) is 4.39 Å². The van der Waals surface area contributed by atoms with E-state index in [0.29, 0.717) is 22.4 Å². The van der Waals surface area contributed by atoms with Crippen LogP contribution in [0.2, 0.25) is 0 Å². The van der Waals surface area contributed by atoms with Gasteiger partial charge in [0.05, 0.1) is 17.0 Å². The number of hydrogen-bond donors (Lipinski definition) is 0. The molecule has 4 heteroatoms. The van der Waals surface area contributed by atoms with Crippen LogP contribution in [-0.2, 0) is 13.0 Å². The van der Waals surface area contributed by atoms with E-state index in [1.165, 1.54) is 6.07 Å². The molecular weight excluding hydrogens is 309 g/mol. The number of nitrogens with zero attached hydrogens (tertiary/aromatic N) is 1. The molecule has 0 spiro atoms. The van der Waals surface area contributed by atoms with Gasteiger partial charge in [-0.2, -0.15) is 5.26 Å². The minimum absolute atomic E-state index is 0.119. The third kappa shape index (κ3) is 3.55. The Morgan fingerprint density at radius 1 is 1.21 bits per heavy atom. The normalized spacial score (nSPS) is 9.95. The zero-order valence-electron chi connectivity index (χ0n) is 10.1. The SMILES string of the molecule is N#CCc1cc(F)c(Br)cc1OCc1ccccc1. The van der Waals surface area contributed by atoms with Crippen LogP contribution in [0.1, 0.15) is 11.1 Å². The quantitative estimate of drug-likeness (QED) is 0.844. The van der Waals surface area contributed by atoms with Gasteiger partial charge in [0.15, 0.2) is 0 Å². The van der Waals surface area contributed by atoms with Crippen molar-refractivity contribution in [3.05, 3.63) is 63.9 Å². The van der Waals surface area contributed by atoms with Gasteiger partial charge in [0.1, 0.15) is 18.2 Å². The minimum atomic E-state index is -0.391. The summed E-state index contributed by atoms with van der Waals surface area (Å²) in [6, 6.07) is 14.6. The zero-order valence-corrected chi connectivity index (χ0v) is 11.7. The van der Waals surface area contributed by atoms with E-state index >= 15 is 0 Å². The molecule has 2 nitrogen and oxygen atoms in total. The predicted octanol–water partition coefficient (Wildman–Crippen LogP) is 4.23. The first-order valence-corrected chi connectivity index (χ1v) is 6.51. The molecule has 19 heavy (non-hydrogen) atoms. The first-order chi connectivity index (χ1) is 9.20. The molecule has 0 saturated carbocycles. The monoisotopic (exact) mass is 319 g/mol. The Labute approximate surface area is 119 Å². The van der Waals surface area contributed by atoms with Crippen molar-refractivity contribution in [3.8, 4) is 11.8 Å². The Hall–Kier alpha value is -1.86. The summed E-state index contributed by atoms with van der Waals surface area (Å²) in [6.07, 6.45) is 0.119. The summed E-state index contributed by atoms with van der Waals surface area (Å²) in [5.41, 5.74) is 1.57. The molecule has 0 N–H and O–H groups in total. The van der Waals surface area contributed by atoms with Crippen LogP contribution in [0.3, 0.4) is 0 Å². The number of hydrogen-bond acceptors (Lipinski definition) is 2. The van der Waals surface area contributed by atoms with E-state index in [4.69, 9.17) is 10.00 Å². The molecule has 0 unspecified atom stereocenters. The van der Waals surface area contributed by atoms with Crippen LogP contribution in [-0.4, -0.2) is 0 Å². The van der Waals surface area contributed by atoms with E-state index < -0.39 is 5.82 Å². The van der Waals surface area contributed by atoms with Crippen molar-refractivity contribution >= 4 is 15.9 Å². The highest BCUT2D eigenvalue weighted by Crippen LogP contribution is 2.27. The standard InChI is InChI=1S/C15H11BrFNO/c16-13-9-15(12(6-7-18)8-14(13)17)19-10-11-4-2-1-3-5-11/h1-5,8-9H,6,10H2. The summed E-state index contributed by atoms with van der Waals surface area (Å²) in [5, 5.41) is 8.75. The molecule has 0 atom stereocenters. The average molecular weight is 320 g/mol. The first-order valence-electron chi connectivity index (χ1n) is 5.72. The zero-order chi connectivity index (χ0) is 13.7. The highest BCUT2D eigenvalue weighted by Gasteiger charge is 2.09. The van der Waals surface area contributed by atoms with Gasteiger partial charge in [-0.05, 0) is 33.6 Å². The molecule has 2 rings (SSSR count). The van der Waals surface area contributed by atoms with Crippen molar-refractivity contribution < 1.29 is 9.13 Å². The van der Waals surface area contributed by atoms with Crippen LogP contribution in [0, 0.1) is 17.1 Å². The molecule has 2 aromatic rings. The molecule has 0 bridgehead atoms. The van der Waals surface area contributed by atoms with Crippen molar-refractivity contribution in [2.24, 2.45) is 0 Å². The Morgan fingerprint density at radius 3 is 2.63 bits per heavy atom. The van der Waals surface area contributed by atoms with Gasteiger partial charge in [-0.3, -0.25) is 0 Å². The van der Waals surface area contributed by atoms with E-state index in [2.05, 4.69) is 15.9 Å².